The van der Waals surface area contributed by atoms with E-state index in [-0.39, 0.29) is 11.9 Å². The van der Waals surface area contributed by atoms with Crippen molar-refractivity contribution >= 4 is 15.9 Å². The highest BCUT2D eigenvalue weighted by Crippen LogP contribution is 2.31. The Bertz CT molecular complexity index is 379. The number of benzene rings is 1. The highest BCUT2D eigenvalue weighted by atomic mass is 79.9. The summed E-state index contributed by atoms with van der Waals surface area (Å²) in [6.45, 7) is 2.31. The first-order valence-electron chi connectivity index (χ1n) is 6.75. The average Bonchev–Trinajstić information content (AvgIpc) is 2.28. The highest BCUT2D eigenvalue weighted by molar-refractivity contribution is 9.10. The molecule has 0 bridgehead atoms. The second-order valence-electron chi connectivity index (χ2n) is 5.67. The summed E-state index contributed by atoms with van der Waals surface area (Å²) in [6.07, 6.45) is 5.78. The van der Waals surface area contributed by atoms with Crippen molar-refractivity contribution < 1.29 is 4.39 Å². The molecule has 1 unspecified atom stereocenters. The van der Waals surface area contributed by atoms with Gasteiger partial charge in [-0.25, -0.2) is 4.39 Å². The number of hydrogen-bond donors (Lipinski definition) is 1. The van der Waals surface area contributed by atoms with Crippen molar-refractivity contribution in [2.45, 2.75) is 45.1 Å². The maximum absolute atomic E-state index is 13.3. The van der Waals surface area contributed by atoms with Gasteiger partial charge in [-0.05, 0) is 54.9 Å². The topological polar surface area (TPSA) is 26.0 Å². The van der Waals surface area contributed by atoms with E-state index in [1.54, 1.807) is 6.07 Å². The molecule has 0 radical (unpaired) electrons. The van der Waals surface area contributed by atoms with Crippen LogP contribution in [0.15, 0.2) is 22.7 Å². The fourth-order valence-corrected chi connectivity index (χ4v) is 3.39. The zero-order valence-electron chi connectivity index (χ0n) is 10.8. The van der Waals surface area contributed by atoms with Gasteiger partial charge in [0.05, 0.1) is 0 Å². The minimum absolute atomic E-state index is 0.159. The molecule has 1 atom stereocenters. The maximum Gasteiger partial charge on any atom is 0.124 e. The molecule has 2 rings (SSSR count). The normalized spacial score (nSPS) is 26.0. The summed E-state index contributed by atoms with van der Waals surface area (Å²) in [7, 11) is 0. The van der Waals surface area contributed by atoms with Gasteiger partial charge in [0.15, 0.2) is 0 Å². The van der Waals surface area contributed by atoms with E-state index >= 15 is 0 Å². The molecule has 0 spiro atoms. The summed E-state index contributed by atoms with van der Waals surface area (Å²) >= 11 is 3.33. The molecule has 18 heavy (non-hydrogen) atoms. The van der Waals surface area contributed by atoms with E-state index in [9.17, 15) is 4.39 Å². The summed E-state index contributed by atoms with van der Waals surface area (Å²) in [4.78, 5) is 0. The minimum Gasteiger partial charge on any atom is -0.327 e. The largest absolute Gasteiger partial charge is 0.327 e. The maximum atomic E-state index is 13.3. The fraction of sp³-hybridized carbons (Fsp3) is 0.600. The zero-order valence-corrected chi connectivity index (χ0v) is 12.4. The van der Waals surface area contributed by atoms with Crippen LogP contribution >= 0.6 is 15.9 Å². The molecular formula is C15H21BrFN. The van der Waals surface area contributed by atoms with Crippen molar-refractivity contribution in [3.8, 4) is 0 Å². The van der Waals surface area contributed by atoms with Crippen molar-refractivity contribution in [2.75, 3.05) is 0 Å². The summed E-state index contributed by atoms with van der Waals surface area (Å²) in [5, 5.41) is 0. The average molecular weight is 314 g/mol. The summed E-state index contributed by atoms with van der Waals surface area (Å²) in [5.74, 6) is 1.25. The van der Waals surface area contributed by atoms with Crippen LogP contribution in [-0.2, 0) is 6.42 Å². The van der Waals surface area contributed by atoms with Gasteiger partial charge in [-0.3, -0.25) is 0 Å². The number of hydrogen-bond acceptors (Lipinski definition) is 1. The van der Waals surface area contributed by atoms with Gasteiger partial charge in [-0.2, -0.15) is 0 Å². The molecule has 0 aliphatic heterocycles. The molecule has 100 valence electrons. The van der Waals surface area contributed by atoms with Gasteiger partial charge in [0, 0.05) is 10.5 Å². The predicted octanol–water partition coefficient (Wildman–Crippen LogP) is 4.28. The van der Waals surface area contributed by atoms with Crippen LogP contribution in [0.1, 0.15) is 38.2 Å². The van der Waals surface area contributed by atoms with E-state index in [0.717, 1.165) is 22.4 Å². The number of halogens is 2. The molecule has 0 heterocycles. The van der Waals surface area contributed by atoms with Crippen molar-refractivity contribution in [1.82, 2.24) is 0 Å². The quantitative estimate of drug-likeness (QED) is 0.885. The Morgan fingerprint density at radius 1 is 1.28 bits per heavy atom. The van der Waals surface area contributed by atoms with E-state index < -0.39 is 0 Å². The van der Waals surface area contributed by atoms with Gasteiger partial charge < -0.3 is 5.73 Å². The van der Waals surface area contributed by atoms with Crippen molar-refractivity contribution in [1.29, 1.82) is 0 Å². The van der Waals surface area contributed by atoms with Crippen LogP contribution in [0.25, 0.3) is 0 Å². The minimum atomic E-state index is -0.191. The van der Waals surface area contributed by atoms with Gasteiger partial charge in [0.2, 0.25) is 0 Å². The van der Waals surface area contributed by atoms with Crippen LogP contribution in [0.2, 0.25) is 0 Å². The molecule has 1 nitrogen and oxygen atoms in total. The Kier molecular flexibility index (Phi) is 4.79. The third kappa shape index (κ3) is 3.79. The van der Waals surface area contributed by atoms with Gasteiger partial charge in [-0.1, -0.05) is 35.7 Å². The molecule has 1 aliphatic carbocycles. The molecule has 0 saturated heterocycles. The molecule has 0 aromatic heterocycles. The standard InChI is InChI=1S/C15H21BrFN/c1-10-2-4-12(5-3-10)15(18)8-11-6-13(16)9-14(17)7-11/h6-7,9-10,12,15H,2-5,8,18H2,1H3. The molecule has 2 N–H and O–H groups in total. The Morgan fingerprint density at radius 3 is 2.56 bits per heavy atom. The van der Waals surface area contributed by atoms with Gasteiger partial charge in [0.25, 0.3) is 0 Å². The molecule has 1 fully saturated rings. The second-order valence-corrected chi connectivity index (χ2v) is 6.58. The third-order valence-corrected chi connectivity index (χ3v) is 4.52. The van der Waals surface area contributed by atoms with E-state index in [4.69, 9.17) is 5.73 Å². The van der Waals surface area contributed by atoms with Crippen molar-refractivity contribution in [3.63, 3.8) is 0 Å². The number of nitrogens with two attached hydrogens (primary N) is 1. The summed E-state index contributed by atoms with van der Waals surface area (Å²) in [5.41, 5.74) is 7.28. The van der Waals surface area contributed by atoms with Crippen LogP contribution in [0.5, 0.6) is 0 Å². The Morgan fingerprint density at radius 2 is 1.94 bits per heavy atom. The Hall–Kier alpha value is -0.410. The second kappa shape index (κ2) is 6.16. The van der Waals surface area contributed by atoms with Gasteiger partial charge in [0.1, 0.15) is 5.82 Å². The summed E-state index contributed by atoms with van der Waals surface area (Å²) in [6, 6.07) is 5.20. The summed E-state index contributed by atoms with van der Waals surface area (Å²) < 4.78 is 14.1. The Balaban J connectivity index is 1.96. The molecule has 1 aromatic carbocycles. The van der Waals surface area contributed by atoms with Crippen LogP contribution in [-0.4, -0.2) is 6.04 Å². The van der Waals surface area contributed by atoms with E-state index in [2.05, 4.69) is 22.9 Å². The van der Waals surface area contributed by atoms with E-state index in [0.29, 0.717) is 5.92 Å². The Labute approximate surface area is 117 Å². The molecule has 1 aromatic rings. The predicted molar refractivity (Wildman–Crippen MR) is 76.9 cm³/mol. The lowest BCUT2D eigenvalue weighted by atomic mass is 9.78. The lowest BCUT2D eigenvalue weighted by Crippen LogP contribution is -2.34. The number of rotatable bonds is 3. The first kappa shape index (κ1) is 14.0. The fourth-order valence-electron chi connectivity index (χ4n) is 2.88. The molecular weight excluding hydrogens is 293 g/mol. The zero-order chi connectivity index (χ0) is 13.1. The van der Waals surface area contributed by atoms with E-state index in [1.165, 1.54) is 31.7 Å². The molecule has 1 saturated carbocycles. The van der Waals surface area contributed by atoms with Crippen LogP contribution in [0, 0.1) is 17.7 Å². The highest BCUT2D eigenvalue weighted by Gasteiger charge is 2.23. The molecule has 1 aliphatic rings. The third-order valence-electron chi connectivity index (χ3n) is 4.06. The van der Waals surface area contributed by atoms with Gasteiger partial charge >= 0.3 is 0 Å². The first-order valence-corrected chi connectivity index (χ1v) is 7.54. The molecule has 0 amide bonds. The SMILES string of the molecule is CC1CCC(C(N)Cc2cc(F)cc(Br)c2)CC1. The lowest BCUT2D eigenvalue weighted by molar-refractivity contribution is 0.253. The van der Waals surface area contributed by atoms with Crippen molar-refractivity contribution in [2.24, 2.45) is 17.6 Å². The van der Waals surface area contributed by atoms with E-state index in [1.807, 2.05) is 6.07 Å². The monoisotopic (exact) mass is 313 g/mol. The van der Waals surface area contributed by atoms with Gasteiger partial charge in [-0.15, -0.1) is 0 Å². The molecule has 3 heteroatoms. The smallest absolute Gasteiger partial charge is 0.124 e. The van der Waals surface area contributed by atoms with Crippen molar-refractivity contribution in [3.05, 3.63) is 34.1 Å². The lowest BCUT2D eigenvalue weighted by Gasteiger charge is -2.30. The first-order chi connectivity index (χ1) is 8.54. The van der Waals surface area contributed by atoms with Crippen LogP contribution < -0.4 is 5.73 Å². The van der Waals surface area contributed by atoms with Crippen LogP contribution in [0.4, 0.5) is 4.39 Å². The van der Waals surface area contributed by atoms with Crippen LogP contribution in [0.3, 0.4) is 0 Å².